The molecule has 6 nitrogen and oxygen atoms in total. The van der Waals surface area contributed by atoms with Crippen molar-refractivity contribution >= 4 is 50.6 Å². The zero-order chi connectivity index (χ0) is 21.8. The lowest BCUT2D eigenvalue weighted by Gasteiger charge is -2.11. The first-order chi connectivity index (χ1) is 15.6. The van der Waals surface area contributed by atoms with E-state index < -0.39 is 0 Å². The number of thiophene rings is 1. The number of fused-ring (bicyclic) bond motifs is 5. The zero-order valence-corrected chi connectivity index (χ0v) is 19.9. The highest BCUT2D eigenvalue weighted by Gasteiger charge is 2.32. The van der Waals surface area contributed by atoms with Crippen molar-refractivity contribution in [3.8, 4) is 0 Å². The van der Waals surface area contributed by atoms with Gasteiger partial charge in [-0.2, -0.15) is 0 Å². The Morgan fingerprint density at radius 2 is 2.06 bits per heavy atom. The summed E-state index contributed by atoms with van der Waals surface area (Å²) in [4.78, 5) is 20.4. The number of carbonyl (C=O) groups is 1. The first-order valence-electron chi connectivity index (χ1n) is 11.3. The number of thioether (sulfide) groups is 1. The number of carbonyl (C=O) groups excluding carboxylic acids is 1. The number of benzene rings is 1. The highest BCUT2D eigenvalue weighted by molar-refractivity contribution is 7.99. The van der Waals surface area contributed by atoms with Gasteiger partial charge in [-0.15, -0.1) is 21.5 Å². The average Bonchev–Trinajstić information content (AvgIpc) is 3.44. The molecule has 8 heteroatoms. The number of aromatic nitrogens is 4. The Labute approximate surface area is 194 Å². The number of anilines is 1. The lowest BCUT2D eigenvalue weighted by Crippen LogP contribution is -2.15. The molecule has 3 heterocycles. The first kappa shape index (κ1) is 20.2. The van der Waals surface area contributed by atoms with Gasteiger partial charge in [-0.3, -0.25) is 9.20 Å². The van der Waals surface area contributed by atoms with Gasteiger partial charge in [0, 0.05) is 16.5 Å². The quantitative estimate of drug-likeness (QED) is 0.399. The maximum Gasteiger partial charge on any atom is 0.234 e. The van der Waals surface area contributed by atoms with Crippen LogP contribution in [0.25, 0.3) is 15.9 Å². The van der Waals surface area contributed by atoms with Crippen LogP contribution in [0.4, 0.5) is 5.69 Å². The van der Waals surface area contributed by atoms with Gasteiger partial charge in [0.25, 0.3) is 0 Å². The Hall–Kier alpha value is -2.45. The topological polar surface area (TPSA) is 72.2 Å². The minimum atomic E-state index is -0.0321. The average molecular weight is 464 g/mol. The lowest BCUT2D eigenvalue weighted by atomic mass is 9.97. The number of amides is 1. The van der Waals surface area contributed by atoms with Gasteiger partial charge in [0.15, 0.2) is 10.8 Å². The van der Waals surface area contributed by atoms with Crippen molar-refractivity contribution in [1.29, 1.82) is 0 Å². The summed E-state index contributed by atoms with van der Waals surface area (Å²) in [5.41, 5.74) is 5.49. The van der Waals surface area contributed by atoms with E-state index in [0.29, 0.717) is 5.92 Å². The lowest BCUT2D eigenvalue weighted by molar-refractivity contribution is -0.113. The molecule has 3 aromatic heterocycles. The largest absolute Gasteiger partial charge is 0.325 e. The standard InChI is InChI=1S/C24H25N5OS2/c1-13-6-5-8-17(14(13)2)25-19(30)12-31-24-28-27-22-20-16-7-3-4-9-18(16)32-23(20)26-21(29(22)24)15-10-11-15/h5-6,8,15H,3-4,7,9-12H2,1-2H3,(H,25,30). The molecule has 0 bridgehead atoms. The molecule has 0 aliphatic heterocycles. The third-order valence-corrected chi connectivity index (χ3v) is 8.72. The molecule has 0 atom stereocenters. The van der Waals surface area contributed by atoms with Gasteiger partial charge in [0.05, 0.1) is 11.1 Å². The molecule has 1 saturated carbocycles. The van der Waals surface area contributed by atoms with Crippen LogP contribution in [0.2, 0.25) is 0 Å². The number of nitrogens with zero attached hydrogens (tertiary/aromatic N) is 4. The van der Waals surface area contributed by atoms with Crippen molar-refractivity contribution in [3.63, 3.8) is 0 Å². The van der Waals surface area contributed by atoms with E-state index in [-0.39, 0.29) is 11.7 Å². The van der Waals surface area contributed by atoms with E-state index in [2.05, 4.69) is 32.9 Å². The normalized spacial score (nSPS) is 15.9. The van der Waals surface area contributed by atoms with E-state index in [1.807, 2.05) is 30.4 Å². The summed E-state index contributed by atoms with van der Waals surface area (Å²) in [6, 6.07) is 5.97. The van der Waals surface area contributed by atoms with E-state index in [0.717, 1.165) is 58.4 Å². The predicted molar refractivity (Wildman–Crippen MR) is 130 cm³/mol. The van der Waals surface area contributed by atoms with Gasteiger partial charge >= 0.3 is 0 Å². The monoisotopic (exact) mass is 463 g/mol. The molecule has 0 radical (unpaired) electrons. The highest BCUT2D eigenvalue weighted by Crippen LogP contribution is 2.44. The van der Waals surface area contributed by atoms with Gasteiger partial charge in [-0.25, -0.2) is 4.98 Å². The Morgan fingerprint density at radius 1 is 1.22 bits per heavy atom. The summed E-state index contributed by atoms with van der Waals surface area (Å²) in [7, 11) is 0. The number of aryl methyl sites for hydroxylation is 3. The Balaban J connectivity index is 1.33. The SMILES string of the molecule is Cc1cccc(NC(=O)CSc2nnc3c4c5c(sc4nc(C4CC4)n23)CCCC5)c1C. The van der Waals surface area contributed by atoms with Crippen molar-refractivity contribution in [2.24, 2.45) is 0 Å². The summed E-state index contributed by atoms with van der Waals surface area (Å²) in [5, 5.41) is 14.1. The maximum atomic E-state index is 12.7. The molecule has 2 aliphatic rings. The van der Waals surface area contributed by atoms with Gasteiger partial charge in [-0.05, 0) is 75.1 Å². The van der Waals surface area contributed by atoms with Crippen molar-refractivity contribution in [3.05, 3.63) is 45.6 Å². The zero-order valence-electron chi connectivity index (χ0n) is 18.3. The number of nitrogens with one attached hydrogen (secondary N) is 1. The third-order valence-electron chi connectivity index (χ3n) is 6.61. The smallest absolute Gasteiger partial charge is 0.234 e. The fourth-order valence-electron chi connectivity index (χ4n) is 4.57. The molecule has 1 fully saturated rings. The second kappa shape index (κ2) is 7.85. The molecule has 0 saturated heterocycles. The van der Waals surface area contributed by atoms with Crippen molar-refractivity contribution in [1.82, 2.24) is 19.6 Å². The molecule has 4 aromatic rings. The predicted octanol–water partition coefficient (Wildman–Crippen LogP) is 5.44. The van der Waals surface area contributed by atoms with E-state index >= 15 is 0 Å². The van der Waals surface area contributed by atoms with Crippen molar-refractivity contribution < 1.29 is 4.79 Å². The fourth-order valence-corrected chi connectivity index (χ4v) is 6.57. The molecular weight excluding hydrogens is 438 g/mol. The molecule has 164 valence electrons. The second-order valence-corrected chi connectivity index (χ2v) is 10.9. The molecule has 0 unspecified atom stereocenters. The first-order valence-corrected chi connectivity index (χ1v) is 13.1. The van der Waals surface area contributed by atoms with E-state index in [4.69, 9.17) is 4.98 Å². The van der Waals surface area contributed by atoms with Crippen LogP contribution in [0.3, 0.4) is 0 Å². The van der Waals surface area contributed by atoms with E-state index in [1.54, 1.807) is 0 Å². The molecule has 1 amide bonds. The Morgan fingerprint density at radius 3 is 2.91 bits per heavy atom. The molecule has 32 heavy (non-hydrogen) atoms. The maximum absolute atomic E-state index is 12.7. The Kier molecular flexibility index (Phi) is 4.95. The summed E-state index contributed by atoms with van der Waals surface area (Å²) in [6.07, 6.45) is 7.05. The number of hydrogen-bond donors (Lipinski definition) is 1. The summed E-state index contributed by atoms with van der Waals surface area (Å²) in [5.74, 6) is 1.79. The van der Waals surface area contributed by atoms with Crippen LogP contribution in [0.1, 0.15) is 59.0 Å². The van der Waals surface area contributed by atoms with E-state index in [9.17, 15) is 4.79 Å². The number of hydrogen-bond acceptors (Lipinski definition) is 6. The van der Waals surface area contributed by atoms with Gasteiger partial charge in [0.1, 0.15) is 10.7 Å². The molecule has 6 rings (SSSR count). The third kappa shape index (κ3) is 3.40. The highest BCUT2D eigenvalue weighted by atomic mass is 32.2. The summed E-state index contributed by atoms with van der Waals surface area (Å²) >= 11 is 3.28. The van der Waals surface area contributed by atoms with Crippen LogP contribution < -0.4 is 5.32 Å². The fraction of sp³-hybridized carbons (Fsp3) is 0.417. The second-order valence-electron chi connectivity index (χ2n) is 8.86. The van der Waals surface area contributed by atoms with Crippen molar-refractivity contribution in [2.75, 3.05) is 11.1 Å². The minimum Gasteiger partial charge on any atom is -0.325 e. The van der Waals surface area contributed by atoms with Gasteiger partial charge in [-0.1, -0.05) is 23.9 Å². The van der Waals surface area contributed by atoms with Crippen LogP contribution in [-0.4, -0.2) is 31.2 Å². The van der Waals surface area contributed by atoms with E-state index in [1.165, 1.54) is 46.0 Å². The van der Waals surface area contributed by atoms with Crippen LogP contribution in [0.5, 0.6) is 0 Å². The Bertz CT molecular complexity index is 1370. The van der Waals surface area contributed by atoms with Gasteiger partial charge < -0.3 is 5.32 Å². The van der Waals surface area contributed by atoms with Crippen LogP contribution in [-0.2, 0) is 17.6 Å². The number of rotatable bonds is 5. The molecular formula is C24H25N5OS2. The van der Waals surface area contributed by atoms with Crippen LogP contribution in [0, 0.1) is 13.8 Å². The molecule has 0 spiro atoms. The van der Waals surface area contributed by atoms with Crippen LogP contribution >= 0.6 is 23.1 Å². The molecule has 1 aromatic carbocycles. The summed E-state index contributed by atoms with van der Waals surface area (Å²) < 4.78 is 2.14. The molecule has 2 aliphatic carbocycles. The van der Waals surface area contributed by atoms with Crippen LogP contribution in [0.15, 0.2) is 23.4 Å². The molecule has 1 N–H and O–H groups in total. The van der Waals surface area contributed by atoms with Gasteiger partial charge in [0.2, 0.25) is 5.91 Å². The minimum absolute atomic E-state index is 0.0321. The summed E-state index contributed by atoms with van der Waals surface area (Å²) in [6.45, 7) is 4.09. The van der Waals surface area contributed by atoms with Crippen molar-refractivity contribution in [2.45, 2.75) is 63.4 Å².